The average molecular weight is 507 g/mol. The summed E-state index contributed by atoms with van der Waals surface area (Å²) < 4.78 is 6.21. The highest BCUT2D eigenvalue weighted by molar-refractivity contribution is 5.31. The molecule has 3 N–H and O–H groups in total. The smallest absolute Gasteiger partial charge is 0.0625 e. The zero-order valence-corrected chi connectivity index (χ0v) is 25.9. The molecular weight excluding hydrogens is 444 g/mol. The van der Waals surface area contributed by atoms with Crippen molar-refractivity contribution >= 4 is 0 Å². The Hall–Kier alpha value is -0.420. The topological polar surface area (TPSA) is 53.5 Å². The number of ether oxygens (including phenoxy) is 1. The van der Waals surface area contributed by atoms with Gasteiger partial charge in [-0.15, -0.1) is 13.2 Å². The van der Waals surface area contributed by atoms with Crippen LogP contribution < -0.4 is 10.6 Å². The van der Waals surface area contributed by atoms with Crippen molar-refractivity contribution < 1.29 is 9.84 Å². The molecule has 212 valence electrons. The van der Waals surface area contributed by atoms with Gasteiger partial charge in [-0.2, -0.15) is 0 Å². The van der Waals surface area contributed by atoms with Gasteiger partial charge in [-0.3, -0.25) is 0 Å². The Balaban J connectivity index is 0.000000710. The fourth-order valence-corrected chi connectivity index (χ4v) is 11.2. The zero-order chi connectivity index (χ0) is 27.7. The first-order chi connectivity index (χ1) is 17.1. The summed E-state index contributed by atoms with van der Waals surface area (Å²) in [6, 6.07) is 1.21. The van der Waals surface area contributed by atoms with Crippen molar-refractivity contribution in [3.63, 3.8) is 0 Å². The standard InChI is InChI=1S/C27H48N2O.C2H6.C2H4.CH4O/c1-17(28-6)22-18(30-8)15-25(5)20-10-9-19-23(2,3)21(29-7)11-12-26(19)16-27(20,26)14-13-24(22,25)4;3*1-2/h17-22,28-29H,9-16H2,1-8H3;1-2H3;1-2H2;2H,1H3/t17?,18-,19?,20?,21?,22+,24?,25+,26?,27?;;;/m1.../s1. The lowest BCUT2D eigenvalue weighted by molar-refractivity contribution is -0.144. The summed E-state index contributed by atoms with van der Waals surface area (Å²) in [4.78, 5) is 0. The van der Waals surface area contributed by atoms with Crippen LogP contribution in [0.4, 0.5) is 0 Å². The molecule has 0 saturated heterocycles. The van der Waals surface area contributed by atoms with Crippen LogP contribution in [0.15, 0.2) is 13.2 Å². The molecule has 5 aliphatic carbocycles. The van der Waals surface area contributed by atoms with Crippen molar-refractivity contribution in [1.29, 1.82) is 0 Å². The minimum Gasteiger partial charge on any atom is -0.400 e. The summed E-state index contributed by atoms with van der Waals surface area (Å²) in [5.74, 6) is 2.43. The Morgan fingerprint density at radius 3 is 1.94 bits per heavy atom. The van der Waals surface area contributed by atoms with Crippen LogP contribution in [0.25, 0.3) is 0 Å². The van der Waals surface area contributed by atoms with Crippen LogP contribution >= 0.6 is 0 Å². The summed E-state index contributed by atoms with van der Waals surface area (Å²) in [5.41, 5.74) is 2.51. The van der Waals surface area contributed by atoms with Gasteiger partial charge in [0, 0.05) is 32.2 Å². The first-order valence-electron chi connectivity index (χ1n) is 14.9. The maximum atomic E-state index is 7.00. The van der Waals surface area contributed by atoms with Crippen LogP contribution in [0.1, 0.15) is 99.8 Å². The predicted molar refractivity (Wildman–Crippen MR) is 155 cm³/mol. The second-order valence-electron chi connectivity index (χ2n) is 13.3. The molecule has 5 fully saturated rings. The molecule has 2 spiro atoms. The lowest BCUT2D eigenvalue weighted by atomic mass is 9.42. The lowest BCUT2D eigenvalue weighted by Crippen LogP contribution is -2.59. The van der Waals surface area contributed by atoms with E-state index in [9.17, 15) is 0 Å². The summed E-state index contributed by atoms with van der Waals surface area (Å²) in [6.07, 6.45) is 11.8. The molecule has 0 heterocycles. The molecule has 0 radical (unpaired) electrons. The third-order valence-electron chi connectivity index (χ3n) is 12.8. The van der Waals surface area contributed by atoms with E-state index in [0.717, 1.165) is 18.9 Å². The van der Waals surface area contributed by atoms with Gasteiger partial charge in [-0.25, -0.2) is 0 Å². The highest BCUT2D eigenvalue weighted by Crippen LogP contribution is 2.89. The van der Waals surface area contributed by atoms with E-state index in [1.165, 1.54) is 51.4 Å². The van der Waals surface area contributed by atoms with Crippen molar-refractivity contribution in [3.05, 3.63) is 13.2 Å². The molecule has 5 saturated carbocycles. The molecule has 0 aromatic carbocycles. The van der Waals surface area contributed by atoms with Gasteiger partial charge in [0.05, 0.1) is 6.10 Å². The van der Waals surface area contributed by atoms with Crippen LogP contribution in [0.3, 0.4) is 0 Å². The number of hydrogen-bond donors (Lipinski definition) is 3. The van der Waals surface area contributed by atoms with E-state index in [0.29, 0.717) is 51.2 Å². The van der Waals surface area contributed by atoms with Crippen LogP contribution in [-0.4, -0.2) is 51.6 Å². The Bertz CT molecular complexity index is 727. The highest BCUT2D eigenvalue weighted by atomic mass is 16.5. The maximum Gasteiger partial charge on any atom is 0.0625 e. The molecule has 10 atom stereocenters. The first-order valence-corrected chi connectivity index (χ1v) is 14.9. The van der Waals surface area contributed by atoms with Crippen molar-refractivity contribution in [2.75, 3.05) is 28.3 Å². The molecule has 5 aliphatic rings. The molecule has 4 heteroatoms. The van der Waals surface area contributed by atoms with E-state index in [1.807, 2.05) is 21.0 Å². The number of rotatable bonds is 4. The molecule has 4 nitrogen and oxygen atoms in total. The van der Waals surface area contributed by atoms with Crippen LogP contribution in [0, 0.1) is 44.8 Å². The van der Waals surface area contributed by atoms with E-state index >= 15 is 0 Å². The molecule has 0 aliphatic heterocycles. The number of hydrogen-bond acceptors (Lipinski definition) is 4. The number of aliphatic hydroxyl groups excluding tert-OH is 1. The molecule has 0 aromatic rings. The van der Waals surface area contributed by atoms with Crippen molar-refractivity contribution in [1.82, 2.24) is 10.6 Å². The first kappa shape index (κ1) is 31.8. The fraction of sp³-hybridized carbons (Fsp3) is 0.938. The second-order valence-corrected chi connectivity index (χ2v) is 13.3. The molecule has 5 rings (SSSR count). The third kappa shape index (κ3) is 3.98. The van der Waals surface area contributed by atoms with Gasteiger partial charge < -0.3 is 20.5 Å². The largest absolute Gasteiger partial charge is 0.400 e. The summed E-state index contributed by atoms with van der Waals surface area (Å²) in [5, 5.41) is 14.3. The van der Waals surface area contributed by atoms with Crippen LogP contribution in [-0.2, 0) is 4.74 Å². The minimum absolute atomic E-state index is 0.389. The van der Waals surface area contributed by atoms with E-state index < -0.39 is 0 Å². The molecule has 0 amide bonds. The molecular formula is C32H62N2O2. The number of aliphatic hydroxyl groups is 1. The molecule has 36 heavy (non-hydrogen) atoms. The van der Waals surface area contributed by atoms with E-state index in [2.05, 4.69) is 72.5 Å². The summed E-state index contributed by atoms with van der Waals surface area (Å²) >= 11 is 0. The number of methoxy groups -OCH3 is 1. The number of nitrogens with one attached hydrogen (secondary N) is 2. The predicted octanol–water partition coefficient (Wildman–Crippen LogP) is 6.68. The molecule has 0 bridgehead atoms. The minimum atomic E-state index is 0.389. The van der Waals surface area contributed by atoms with E-state index in [4.69, 9.17) is 9.84 Å². The van der Waals surface area contributed by atoms with Crippen LogP contribution in [0.2, 0.25) is 0 Å². The Kier molecular flexibility index (Phi) is 10.0. The fourth-order valence-electron chi connectivity index (χ4n) is 11.2. The van der Waals surface area contributed by atoms with E-state index in [-0.39, 0.29) is 0 Å². The second kappa shape index (κ2) is 11.4. The van der Waals surface area contributed by atoms with Gasteiger partial charge in [0.15, 0.2) is 0 Å². The van der Waals surface area contributed by atoms with Crippen molar-refractivity contribution in [2.24, 2.45) is 44.8 Å². The van der Waals surface area contributed by atoms with Crippen molar-refractivity contribution in [2.45, 2.75) is 118 Å². The van der Waals surface area contributed by atoms with E-state index in [1.54, 1.807) is 0 Å². The van der Waals surface area contributed by atoms with Gasteiger partial charge in [0.1, 0.15) is 0 Å². The third-order valence-corrected chi connectivity index (χ3v) is 12.8. The van der Waals surface area contributed by atoms with Gasteiger partial charge in [-0.05, 0) is 111 Å². The van der Waals surface area contributed by atoms with Crippen molar-refractivity contribution in [3.8, 4) is 0 Å². The van der Waals surface area contributed by atoms with Gasteiger partial charge in [-0.1, -0.05) is 41.5 Å². The summed E-state index contributed by atoms with van der Waals surface area (Å²) in [6.45, 7) is 22.9. The SMILES string of the molecule is C=C.CC.CNC(C)[C@H]1[C@H](OC)C[C@@]2(C)C3CCC4C(C)(C)C(NC)CCC45CC35CCC12C.CO. The lowest BCUT2D eigenvalue weighted by Gasteiger charge is -2.63. The molecule has 0 aromatic heterocycles. The average Bonchev–Trinajstić information content (AvgIpc) is 3.50. The Labute approximate surface area is 224 Å². The van der Waals surface area contributed by atoms with Gasteiger partial charge in [0.25, 0.3) is 0 Å². The molecule has 7 unspecified atom stereocenters. The van der Waals surface area contributed by atoms with Gasteiger partial charge in [0.2, 0.25) is 0 Å². The monoisotopic (exact) mass is 506 g/mol. The Morgan fingerprint density at radius 1 is 0.861 bits per heavy atom. The summed E-state index contributed by atoms with van der Waals surface area (Å²) in [7, 11) is 7.30. The quantitative estimate of drug-likeness (QED) is 0.372. The highest BCUT2D eigenvalue weighted by Gasteiger charge is 2.82. The van der Waals surface area contributed by atoms with Gasteiger partial charge >= 0.3 is 0 Å². The normalized spacial score (nSPS) is 47.9. The van der Waals surface area contributed by atoms with Crippen LogP contribution in [0.5, 0.6) is 0 Å². The maximum absolute atomic E-state index is 7.00. The Morgan fingerprint density at radius 2 is 1.42 bits per heavy atom. The zero-order valence-electron chi connectivity index (χ0n) is 25.9. The number of fused-ring (bicyclic) bond motifs is 2.